The summed E-state index contributed by atoms with van der Waals surface area (Å²) >= 11 is 0. The number of para-hydroxylation sites is 1. The largest absolute Gasteiger partial charge is 0.458 e. The van der Waals surface area contributed by atoms with Crippen molar-refractivity contribution >= 4 is 27.8 Å². The number of rotatable bonds is 5. The Labute approximate surface area is 154 Å². The van der Waals surface area contributed by atoms with Crippen molar-refractivity contribution in [3.05, 3.63) is 60.7 Å². The van der Waals surface area contributed by atoms with Gasteiger partial charge in [-0.3, -0.25) is 8.34 Å². The van der Waals surface area contributed by atoms with E-state index < -0.39 is 17.0 Å². The minimum absolute atomic E-state index is 0.260. The van der Waals surface area contributed by atoms with E-state index in [1.807, 2.05) is 72.3 Å². The Morgan fingerprint density at radius 2 is 1.24 bits per heavy atom. The van der Waals surface area contributed by atoms with Crippen LogP contribution in [0, 0.1) is 0 Å². The Hall–Kier alpha value is -1.44. The molecule has 0 saturated carbocycles. The van der Waals surface area contributed by atoms with Gasteiger partial charge in [0.05, 0.1) is 0 Å². The molecule has 0 bridgehead atoms. The molecule has 0 radical (unpaired) electrons. The van der Waals surface area contributed by atoms with Crippen molar-refractivity contribution in [2.24, 2.45) is 0 Å². The number of anilines is 1. The Morgan fingerprint density at radius 3 is 1.64 bits per heavy atom. The molecule has 0 aliphatic heterocycles. The topological polar surface area (TPSA) is 6.48 Å². The highest BCUT2D eigenvalue weighted by Crippen LogP contribution is 2.34. The molecule has 25 heavy (non-hydrogen) atoms. The fourth-order valence-corrected chi connectivity index (χ4v) is 13.2. The summed E-state index contributed by atoms with van der Waals surface area (Å²) in [4.78, 5) is 0. The molecule has 0 amide bonds. The van der Waals surface area contributed by atoms with E-state index in [-0.39, 0.29) is 5.54 Å². The lowest BCUT2D eigenvalue weighted by Gasteiger charge is -2.54. The van der Waals surface area contributed by atoms with E-state index in [1.165, 1.54) is 0 Å². The summed E-state index contributed by atoms with van der Waals surface area (Å²) in [6.45, 7) is 13.1. The first-order valence-corrected chi connectivity index (χ1v) is 14.0. The van der Waals surface area contributed by atoms with Crippen molar-refractivity contribution in [1.29, 1.82) is 0 Å². The van der Waals surface area contributed by atoms with E-state index in [0.717, 1.165) is 10.9 Å². The van der Waals surface area contributed by atoms with Gasteiger partial charge in [-0.2, -0.15) is 0 Å². The summed E-state index contributed by atoms with van der Waals surface area (Å²) in [5, 5.41) is 0.804. The zero-order valence-electron chi connectivity index (χ0n) is 16.5. The first-order valence-electron chi connectivity index (χ1n) is 8.83. The van der Waals surface area contributed by atoms with E-state index >= 15 is 4.11 Å². The van der Waals surface area contributed by atoms with Gasteiger partial charge >= 0.3 is 8.73 Å². The van der Waals surface area contributed by atoms with Gasteiger partial charge in [0.25, 0.3) is 0 Å². The molecule has 5 heteroatoms. The van der Waals surface area contributed by atoms with Crippen molar-refractivity contribution in [3.63, 3.8) is 0 Å². The molecule has 0 saturated heterocycles. The molecule has 1 unspecified atom stereocenters. The summed E-state index contributed by atoms with van der Waals surface area (Å²) in [5.74, 6) is 0. The monoisotopic (exact) mass is 374 g/mol. The van der Waals surface area contributed by atoms with Crippen LogP contribution in [0.15, 0.2) is 60.7 Å². The first kappa shape index (κ1) is 19.9. The van der Waals surface area contributed by atoms with Gasteiger partial charge in [-0.25, -0.2) is 0 Å². The predicted molar refractivity (Wildman–Crippen MR) is 113 cm³/mol. The van der Waals surface area contributed by atoms with Crippen LogP contribution in [0.4, 0.5) is 9.80 Å². The number of nitrogens with zero attached hydrogens (tertiary/aromatic N) is 2. The highest BCUT2D eigenvalue weighted by atomic mass is 28.4. The molecule has 0 heterocycles. The number of hydrogen-bond acceptors (Lipinski definition) is 2. The highest BCUT2D eigenvalue weighted by molar-refractivity contribution is 6.96. The van der Waals surface area contributed by atoms with Gasteiger partial charge in [-0.15, -0.1) is 0 Å². The van der Waals surface area contributed by atoms with Gasteiger partial charge in [-0.1, -0.05) is 68.2 Å². The quantitative estimate of drug-likeness (QED) is 0.544. The third kappa shape index (κ3) is 4.05. The summed E-state index contributed by atoms with van der Waals surface area (Å²) in [6, 6.07) is 19.7. The normalized spacial score (nSPS) is 15.1. The lowest BCUT2D eigenvalue weighted by atomic mass is 10.1. The molecule has 136 valence electrons. The summed E-state index contributed by atoms with van der Waals surface area (Å²) in [7, 11) is -3.69. The van der Waals surface area contributed by atoms with E-state index in [1.54, 1.807) is 0 Å². The average molecular weight is 375 g/mol. The number of halogens is 1. The Bertz CT molecular complexity index is 666. The third-order valence-corrected chi connectivity index (χ3v) is 12.8. The summed E-state index contributed by atoms with van der Waals surface area (Å²) in [5.41, 5.74) is 0.664. The molecule has 2 rings (SSSR count). The van der Waals surface area contributed by atoms with Crippen molar-refractivity contribution in [2.75, 3.05) is 11.6 Å². The van der Waals surface area contributed by atoms with Gasteiger partial charge in [-0.05, 0) is 32.9 Å². The van der Waals surface area contributed by atoms with Gasteiger partial charge < -0.3 is 4.57 Å². The van der Waals surface area contributed by atoms with Crippen LogP contribution < -0.4 is 9.75 Å². The van der Waals surface area contributed by atoms with Gasteiger partial charge in [0.1, 0.15) is 8.24 Å². The molecule has 2 nitrogen and oxygen atoms in total. The molecular weight excluding hydrogens is 343 g/mol. The molecular formula is C20H31FN2Si2. The maximum atomic E-state index is 17.3. The fraction of sp³-hybridized carbons (Fsp3) is 0.400. The van der Waals surface area contributed by atoms with Crippen LogP contribution in [0.2, 0.25) is 19.6 Å². The smallest absolute Gasteiger partial charge is 0.360 e. The standard InChI is InChI=1S/C20H31FN2Si2/c1-20(2,3)23(24(5,6)7)25(21,19-16-12-9-13-17-19)22(4)18-14-10-8-11-15-18/h8-17H,1-7H3. The molecule has 0 fully saturated rings. The van der Waals surface area contributed by atoms with Crippen LogP contribution in [0.25, 0.3) is 0 Å². The van der Waals surface area contributed by atoms with Crippen molar-refractivity contribution in [2.45, 2.75) is 46.0 Å². The summed E-state index contributed by atoms with van der Waals surface area (Å²) < 4.78 is 21.4. The lowest BCUT2D eigenvalue weighted by molar-refractivity contribution is 0.326. The summed E-state index contributed by atoms with van der Waals surface area (Å²) in [6.07, 6.45) is 0. The Morgan fingerprint density at radius 1 is 0.800 bits per heavy atom. The first-order chi connectivity index (χ1) is 11.5. The average Bonchev–Trinajstić information content (AvgIpc) is 2.53. The second kappa shape index (κ2) is 7.06. The van der Waals surface area contributed by atoms with Crippen molar-refractivity contribution < 1.29 is 4.11 Å². The van der Waals surface area contributed by atoms with Gasteiger partial charge in [0.15, 0.2) is 0 Å². The van der Waals surface area contributed by atoms with Crippen LogP contribution in [0.5, 0.6) is 0 Å². The zero-order chi connectivity index (χ0) is 18.9. The van der Waals surface area contributed by atoms with Crippen LogP contribution in [-0.4, -0.2) is 33.8 Å². The van der Waals surface area contributed by atoms with Crippen molar-refractivity contribution in [3.8, 4) is 0 Å². The second-order valence-corrected chi connectivity index (χ2v) is 16.6. The van der Waals surface area contributed by atoms with Gasteiger partial charge in [0, 0.05) is 23.5 Å². The maximum Gasteiger partial charge on any atom is 0.458 e. The maximum absolute atomic E-state index is 17.3. The van der Waals surface area contributed by atoms with E-state index in [2.05, 4.69) is 44.6 Å². The Balaban J connectivity index is 2.72. The van der Waals surface area contributed by atoms with E-state index in [0.29, 0.717) is 0 Å². The molecule has 2 aromatic rings. The lowest BCUT2D eigenvalue weighted by Crippen LogP contribution is -2.79. The van der Waals surface area contributed by atoms with Crippen molar-refractivity contribution in [1.82, 2.24) is 4.23 Å². The minimum Gasteiger partial charge on any atom is -0.360 e. The highest BCUT2D eigenvalue weighted by Gasteiger charge is 2.57. The van der Waals surface area contributed by atoms with Crippen LogP contribution in [0.3, 0.4) is 0 Å². The van der Waals surface area contributed by atoms with E-state index in [9.17, 15) is 0 Å². The zero-order valence-corrected chi connectivity index (χ0v) is 18.5. The second-order valence-electron chi connectivity index (χ2n) is 8.52. The van der Waals surface area contributed by atoms with Crippen LogP contribution >= 0.6 is 0 Å². The number of benzene rings is 2. The van der Waals surface area contributed by atoms with Gasteiger partial charge in [0.2, 0.25) is 0 Å². The Kier molecular flexibility index (Phi) is 5.61. The minimum atomic E-state index is -3.64. The van der Waals surface area contributed by atoms with Crippen LogP contribution in [-0.2, 0) is 0 Å². The number of hydrogen-bond donors (Lipinski definition) is 0. The van der Waals surface area contributed by atoms with E-state index in [4.69, 9.17) is 0 Å². The molecule has 0 spiro atoms. The molecule has 0 N–H and O–H groups in total. The molecule has 2 aromatic carbocycles. The molecule has 1 atom stereocenters. The fourth-order valence-electron chi connectivity index (χ4n) is 3.84. The third-order valence-electron chi connectivity index (χ3n) is 4.37. The molecule has 0 aliphatic rings. The SMILES string of the molecule is CN(c1ccccc1)[Si](F)(c1ccccc1)N(C(C)(C)C)[Si](C)(C)C. The van der Waals surface area contributed by atoms with Crippen LogP contribution in [0.1, 0.15) is 20.8 Å². The predicted octanol–water partition coefficient (Wildman–Crippen LogP) is 4.87. The molecule has 0 aromatic heterocycles. The molecule has 0 aliphatic carbocycles.